The highest BCUT2D eigenvalue weighted by Crippen LogP contribution is 2.21. The standard InChI is InChI=1S/C20H23N3O4/c1-13-5-4-6-17(19(13)25)20(26)23-22-14(2)11-18(24)21-12-15-7-9-16(27-3)10-8-15/h4-10,25H,11-12H2,1-3H3,(H,21,24)(H,23,26). The minimum absolute atomic E-state index is 0.0518. The number of nitrogens with one attached hydrogen (secondary N) is 2. The molecule has 0 aliphatic carbocycles. The molecule has 0 saturated carbocycles. The van der Waals surface area contributed by atoms with Crippen LogP contribution < -0.4 is 15.5 Å². The number of methoxy groups -OCH3 is 1. The highest BCUT2D eigenvalue weighted by atomic mass is 16.5. The van der Waals surface area contributed by atoms with Crippen LogP contribution in [0.2, 0.25) is 0 Å². The summed E-state index contributed by atoms with van der Waals surface area (Å²) < 4.78 is 5.09. The van der Waals surface area contributed by atoms with Crippen molar-refractivity contribution >= 4 is 17.5 Å². The van der Waals surface area contributed by atoms with Crippen LogP contribution in [0.1, 0.15) is 34.8 Å². The number of hydrogen-bond acceptors (Lipinski definition) is 5. The molecule has 0 unspecified atom stereocenters. The van der Waals surface area contributed by atoms with Crippen LogP contribution in [0.15, 0.2) is 47.6 Å². The van der Waals surface area contributed by atoms with E-state index in [4.69, 9.17) is 4.74 Å². The molecule has 2 amide bonds. The number of aryl methyl sites for hydroxylation is 1. The first-order chi connectivity index (χ1) is 12.9. The number of rotatable bonds is 7. The van der Waals surface area contributed by atoms with Crippen LogP contribution in [0.25, 0.3) is 0 Å². The number of phenols is 1. The summed E-state index contributed by atoms with van der Waals surface area (Å²) in [6.45, 7) is 3.73. The number of carbonyl (C=O) groups is 2. The number of ether oxygens (including phenoxy) is 1. The van der Waals surface area contributed by atoms with Crippen molar-refractivity contribution < 1.29 is 19.4 Å². The van der Waals surface area contributed by atoms with Gasteiger partial charge in [0.1, 0.15) is 11.5 Å². The summed E-state index contributed by atoms with van der Waals surface area (Å²) in [7, 11) is 1.60. The van der Waals surface area contributed by atoms with Gasteiger partial charge in [0.15, 0.2) is 0 Å². The van der Waals surface area contributed by atoms with Gasteiger partial charge in [0.2, 0.25) is 5.91 Å². The van der Waals surface area contributed by atoms with Gasteiger partial charge in [-0.3, -0.25) is 9.59 Å². The minimum Gasteiger partial charge on any atom is -0.507 e. The number of para-hydroxylation sites is 1. The summed E-state index contributed by atoms with van der Waals surface area (Å²) in [6, 6.07) is 12.3. The van der Waals surface area contributed by atoms with E-state index < -0.39 is 5.91 Å². The molecule has 27 heavy (non-hydrogen) atoms. The smallest absolute Gasteiger partial charge is 0.275 e. The van der Waals surface area contributed by atoms with Crippen molar-refractivity contribution in [3.8, 4) is 11.5 Å². The topological polar surface area (TPSA) is 100 Å². The van der Waals surface area contributed by atoms with E-state index in [1.54, 1.807) is 33.1 Å². The van der Waals surface area contributed by atoms with E-state index in [0.717, 1.165) is 11.3 Å². The number of nitrogens with zero attached hydrogens (tertiary/aromatic N) is 1. The fourth-order valence-electron chi connectivity index (χ4n) is 2.33. The number of benzene rings is 2. The monoisotopic (exact) mass is 369 g/mol. The van der Waals surface area contributed by atoms with Crippen LogP contribution in [0.5, 0.6) is 11.5 Å². The number of hydrazone groups is 1. The summed E-state index contributed by atoms with van der Waals surface area (Å²) in [6.07, 6.45) is 0.0518. The fraction of sp³-hybridized carbons (Fsp3) is 0.250. The molecule has 0 aliphatic rings. The highest BCUT2D eigenvalue weighted by Gasteiger charge is 2.12. The lowest BCUT2D eigenvalue weighted by atomic mass is 10.1. The zero-order chi connectivity index (χ0) is 19.8. The molecule has 7 nitrogen and oxygen atoms in total. The summed E-state index contributed by atoms with van der Waals surface area (Å²) in [4.78, 5) is 24.1. The number of carbonyl (C=O) groups excluding carboxylic acids is 2. The molecule has 0 radical (unpaired) electrons. The van der Waals surface area contributed by atoms with E-state index in [-0.39, 0.29) is 23.6 Å². The van der Waals surface area contributed by atoms with Crippen LogP contribution in [-0.2, 0) is 11.3 Å². The number of amides is 2. The largest absolute Gasteiger partial charge is 0.507 e. The Balaban J connectivity index is 1.84. The van der Waals surface area contributed by atoms with Crippen molar-refractivity contribution in [2.75, 3.05) is 7.11 Å². The molecular weight excluding hydrogens is 346 g/mol. The molecule has 0 aromatic heterocycles. The third-order valence-corrected chi connectivity index (χ3v) is 3.90. The molecule has 2 rings (SSSR count). The molecule has 2 aromatic carbocycles. The van der Waals surface area contributed by atoms with Crippen LogP contribution in [-0.4, -0.2) is 29.7 Å². The molecule has 0 fully saturated rings. The first-order valence-corrected chi connectivity index (χ1v) is 8.42. The van der Waals surface area contributed by atoms with Gasteiger partial charge in [-0.2, -0.15) is 5.10 Å². The quantitative estimate of drug-likeness (QED) is 0.516. The van der Waals surface area contributed by atoms with Crippen molar-refractivity contribution in [2.45, 2.75) is 26.8 Å². The summed E-state index contributed by atoms with van der Waals surface area (Å²) >= 11 is 0. The Morgan fingerprint density at radius 3 is 2.52 bits per heavy atom. The Hall–Kier alpha value is -3.35. The van der Waals surface area contributed by atoms with Gasteiger partial charge in [0.05, 0.1) is 19.1 Å². The Labute approximate surface area is 158 Å². The van der Waals surface area contributed by atoms with Crippen molar-refractivity contribution in [3.05, 3.63) is 59.2 Å². The van der Waals surface area contributed by atoms with Gasteiger partial charge in [-0.1, -0.05) is 24.3 Å². The minimum atomic E-state index is -0.533. The second-order valence-electron chi connectivity index (χ2n) is 6.06. The Bertz CT molecular complexity index is 845. The molecule has 0 bridgehead atoms. The van der Waals surface area contributed by atoms with Gasteiger partial charge < -0.3 is 15.2 Å². The second kappa shape index (κ2) is 9.38. The van der Waals surface area contributed by atoms with Crippen molar-refractivity contribution in [3.63, 3.8) is 0 Å². The second-order valence-corrected chi connectivity index (χ2v) is 6.06. The highest BCUT2D eigenvalue weighted by molar-refractivity contribution is 6.01. The van der Waals surface area contributed by atoms with Gasteiger partial charge in [-0.05, 0) is 43.2 Å². The SMILES string of the molecule is COc1ccc(CNC(=O)CC(C)=NNC(=O)c2cccc(C)c2O)cc1. The van der Waals surface area contributed by atoms with Crippen molar-refractivity contribution in [1.29, 1.82) is 0 Å². The van der Waals surface area contributed by atoms with Crippen LogP contribution in [0.3, 0.4) is 0 Å². The Morgan fingerprint density at radius 2 is 1.85 bits per heavy atom. The lowest BCUT2D eigenvalue weighted by molar-refractivity contribution is -0.120. The van der Waals surface area contributed by atoms with Crippen molar-refractivity contribution in [2.24, 2.45) is 5.10 Å². The van der Waals surface area contributed by atoms with Gasteiger partial charge in [0, 0.05) is 12.3 Å². The van der Waals surface area contributed by atoms with Gasteiger partial charge in [-0.15, -0.1) is 0 Å². The molecule has 7 heteroatoms. The normalized spacial score (nSPS) is 11.0. The first kappa shape index (κ1) is 20.0. The fourth-order valence-corrected chi connectivity index (χ4v) is 2.33. The molecule has 0 atom stereocenters. The average molecular weight is 369 g/mol. The molecule has 142 valence electrons. The van der Waals surface area contributed by atoms with Crippen LogP contribution in [0, 0.1) is 6.92 Å². The van der Waals surface area contributed by atoms with Crippen LogP contribution in [0.4, 0.5) is 0 Å². The third-order valence-electron chi connectivity index (χ3n) is 3.90. The van der Waals surface area contributed by atoms with Crippen LogP contribution >= 0.6 is 0 Å². The molecule has 0 heterocycles. The molecular formula is C20H23N3O4. The summed E-state index contributed by atoms with van der Waals surface area (Å²) in [5, 5.41) is 16.6. The number of phenolic OH excluding ortho intramolecular Hbond substituents is 1. The van der Waals surface area contributed by atoms with E-state index in [0.29, 0.717) is 17.8 Å². The first-order valence-electron chi connectivity index (χ1n) is 8.42. The molecule has 3 N–H and O–H groups in total. The molecule has 0 aliphatic heterocycles. The van der Waals surface area contributed by atoms with Gasteiger partial charge >= 0.3 is 0 Å². The lowest BCUT2D eigenvalue weighted by Gasteiger charge is -2.07. The third kappa shape index (κ3) is 5.85. The molecule has 2 aromatic rings. The number of aromatic hydroxyl groups is 1. The van der Waals surface area contributed by atoms with E-state index >= 15 is 0 Å². The predicted molar refractivity (Wildman–Crippen MR) is 103 cm³/mol. The summed E-state index contributed by atoms with van der Waals surface area (Å²) in [5.74, 6) is -0.0718. The van der Waals surface area contributed by atoms with Crippen molar-refractivity contribution in [1.82, 2.24) is 10.7 Å². The average Bonchev–Trinajstić information content (AvgIpc) is 2.67. The van der Waals surface area contributed by atoms with E-state index in [1.807, 2.05) is 24.3 Å². The van der Waals surface area contributed by atoms with E-state index in [1.165, 1.54) is 6.07 Å². The van der Waals surface area contributed by atoms with Gasteiger partial charge in [0.25, 0.3) is 5.91 Å². The lowest BCUT2D eigenvalue weighted by Crippen LogP contribution is -2.26. The zero-order valence-electron chi connectivity index (χ0n) is 15.6. The molecule has 0 spiro atoms. The van der Waals surface area contributed by atoms with E-state index in [9.17, 15) is 14.7 Å². The predicted octanol–water partition coefficient (Wildman–Crippen LogP) is 2.52. The maximum absolute atomic E-state index is 12.1. The maximum atomic E-state index is 12.1. The maximum Gasteiger partial charge on any atom is 0.275 e. The molecule has 0 saturated heterocycles. The Morgan fingerprint density at radius 1 is 1.15 bits per heavy atom. The zero-order valence-corrected chi connectivity index (χ0v) is 15.6. The van der Waals surface area contributed by atoms with Gasteiger partial charge in [-0.25, -0.2) is 5.43 Å². The summed E-state index contributed by atoms with van der Waals surface area (Å²) in [5.41, 5.74) is 4.48. The Kier molecular flexibility index (Phi) is 6.93. The number of hydrogen-bond donors (Lipinski definition) is 3. The van der Waals surface area contributed by atoms with E-state index in [2.05, 4.69) is 15.8 Å².